The van der Waals surface area contributed by atoms with Crippen LogP contribution in [0.4, 0.5) is 10.1 Å². The number of nitrogens with zero attached hydrogens (tertiary/aromatic N) is 5. The smallest absolute Gasteiger partial charge is 0.290 e. The van der Waals surface area contributed by atoms with Crippen LogP contribution in [0.25, 0.3) is 16.9 Å². The molecular weight excluding hydrogens is 351 g/mol. The maximum absolute atomic E-state index is 13.6. The Labute approximate surface area is 153 Å². The number of hydrogen-bond donors (Lipinski definition) is 3. The van der Waals surface area contributed by atoms with Gasteiger partial charge in [-0.1, -0.05) is 5.10 Å². The zero-order valence-electron chi connectivity index (χ0n) is 15.0. The Hall–Kier alpha value is -3.56. The summed E-state index contributed by atoms with van der Waals surface area (Å²) in [4.78, 5) is 15.8. The van der Waals surface area contributed by atoms with Crippen LogP contribution in [0.15, 0.2) is 18.2 Å². The number of anilines is 1. The van der Waals surface area contributed by atoms with E-state index in [1.54, 1.807) is 19.9 Å². The Morgan fingerprint density at radius 3 is 2.85 bits per heavy atom. The zero-order chi connectivity index (χ0) is 19.1. The first kappa shape index (κ1) is 16.9. The highest BCUT2D eigenvalue weighted by Crippen LogP contribution is 2.25. The third-order valence-corrected chi connectivity index (χ3v) is 4.50. The molecule has 0 aliphatic carbocycles. The molecule has 0 spiro atoms. The van der Waals surface area contributed by atoms with E-state index in [1.165, 1.54) is 16.8 Å². The van der Waals surface area contributed by atoms with Gasteiger partial charge in [-0.15, -0.1) is 5.10 Å². The maximum atomic E-state index is 13.6. The number of rotatable bonds is 4. The second-order valence-electron chi connectivity index (χ2n) is 6.31. The summed E-state index contributed by atoms with van der Waals surface area (Å²) in [5.74, 6) is -0.266. The first-order valence-corrected chi connectivity index (χ1v) is 8.30. The summed E-state index contributed by atoms with van der Waals surface area (Å²) in [6.45, 7) is 5.45. The van der Waals surface area contributed by atoms with Gasteiger partial charge in [0, 0.05) is 16.6 Å². The van der Waals surface area contributed by atoms with E-state index in [4.69, 9.17) is 0 Å². The number of tetrazole rings is 1. The van der Waals surface area contributed by atoms with Crippen LogP contribution in [-0.2, 0) is 11.2 Å². The molecule has 0 aliphatic rings. The van der Waals surface area contributed by atoms with Gasteiger partial charge in [0.25, 0.3) is 5.95 Å². The molecule has 10 heteroatoms. The van der Waals surface area contributed by atoms with Gasteiger partial charge >= 0.3 is 0 Å². The number of benzene rings is 1. The number of aryl methyl sites for hydroxylation is 2. The first-order valence-electron chi connectivity index (χ1n) is 8.30. The molecule has 0 aliphatic heterocycles. The number of hydrogen-bond acceptors (Lipinski definition) is 5. The van der Waals surface area contributed by atoms with E-state index in [-0.39, 0.29) is 18.1 Å². The lowest BCUT2D eigenvalue weighted by Gasteiger charge is -2.06. The summed E-state index contributed by atoms with van der Waals surface area (Å²) in [5.41, 5.74) is 4.31. The minimum atomic E-state index is -0.337. The second-order valence-corrected chi connectivity index (χ2v) is 6.31. The molecule has 0 bridgehead atoms. The number of carbonyl (C=O) groups excluding carboxylic acids is 1. The van der Waals surface area contributed by atoms with Crippen LogP contribution in [0.1, 0.15) is 22.6 Å². The average molecular weight is 368 g/mol. The van der Waals surface area contributed by atoms with Crippen molar-refractivity contribution in [2.45, 2.75) is 27.2 Å². The highest BCUT2D eigenvalue weighted by molar-refractivity contribution is 5.97. The molecule has 3 heterocycles. The van der Waals surface area contributed by atoms with E-state index < -0.39 is 0 Å². The molecule has 0 fully saturated rings. The van der Waals surface area contributed by atoms with Crippen molar-refractivity contribution in [2.75, 3.05) is 5.32 Å². The van der Waals surface area contributed by atoms with Crippen molar-refractivity contribution in [3.63, 3.8) is 0 Å². The highest BCUT2D eigenvalue weighted by Gasteiger charge is 2.19. The number of carbonyl (C=O) groups is 1. The van der Waals surface area contributed by atoms with E-state index in [2.05, 4.69) is 36.0 Å². The summed E-state index contributed by atoms with van der Waals surface area (Å²) >= 11 is 0. The molecule has 0 saturated heterocycles. The van der Waals surface area contributed by atoms with Crippen LogP contribution in [0.2, 0.25) is 0 Å². The summed E-state index contributed by atoms with van der Waals surface area (Å²) in [6.07, 6.45) is 0.113. The summed E-state index contributed by atoms with van der Waals surface area (Å²) in [5, 5.41) is 21.6. The number of halogens is 1. The normalized spacial score (nSPS) is 11.3. The van der Waals surface area contributed by atoms with Crippen molar-refractivity contribution in [3.8, 4) is 5.95 Å². The van der Waals surface area contributed by atoms with Crippen LogP contribution in [0.5, 0.6) is 0 Å². The lowest BCUT2D eigenvalue weighted by atomic mass is 10.1. The molecule has 138 valence electrons. The van der Waals surface area contributed by atoms with Gasteiger partial charge in [-0.2, -0.15) is 15.0 Å². The molecular formula is C17H17FN8O. The van der Waals surface area contributed by atoms with Crippen LogP contribution >= 0.6 is 0 Å². The molecule has 1 amide bonds. The summed E-state index contributed by atoms with van der Waals surface area (Å²) in [7, 11) is 0. The van der Waals surface area contributed by atoms with E-state index >= 15 is 0 Å². The Bertz CT molecular complexity index is 1140. The van der Waals surface area contributed by atoms with Crippen LogP contribution < -0.4 is 5.32 Å². The van der Waals surface area contributed by atoms with Crippen LogP contribution in [0, 0.1) is 26.6 Å². The third kappa shape index (κ3) is 2.94. The molecule has 0 saturated carbocycles. The fourth-order valence-electron chi connectivity index (χ4n) is 3.19. The Morgan fingerprint density at radius 2 is 2.11 bits per heavy atom. The SMILES string of the molecule is Cc1nn(-c2nn[nH]n2)c(C)c1NC(=O)Cc1c(C)[nH]c2ccc(F)cc12. The molecule has 3 N–H and O–H groups in total. The number of nitrogens with one attached hydrogen (secondary N) is 3. The van der Waals surface area contributed by atoms with Gasteiger partial charge in [-0.25, -0.2) is 4.39 Å². The van der Waals surface area contributed by atoms with E-state index in [9.17, 15) is 9.18 Å². The molecule has 1 aromatic carbocycles. The fourth-order valence-corrected chi connectivity index (χ4v) is 3.19. The number of H-pyrrole nitrogens is 2. The summed E-state index contributed by atoms with van der Waals surface area (Å²) < 4.78 is 15.1. The quantitative estimate of drug-likeness (QED) is 0.510. The lowest BCUT2D eigenvalue weighted by molar-refractivity contribution is -0.115. The topological polar surface area (TPSA) is 117 Å². The zero-order valence-corrected chi connectivity index (χ0v) is 15.0. The van der Waals surface area contributed by atoms with E-state index in [0.29, 0.717) is 28.4 Å². The standard InChI is InChI=1S/C17H17FN8O/c1-8-12(13-6-11(18)4-5-14(13)19-8)7-15(27)20-16-9(2)23-26(10(16)3)17-21-24-25-22-17/h4-6,19H,7H2,1-3H3,(H,20,27)(H,21,22,24,25). The predicted octanol–water partition coefficient (Wildman–Crippen LogP) is 2.11. The van der Waals surface area contributed by atoms with Gasteiger partial charge in [-0.3, -0.25) is 4.79 Å². The van der Waals surface area contributed by atoms with Crippen molar-refractivity contribution in [2.24, 2.45) is 0 Å². The Morgan fingerprint density at radius 1 is 1.30 bits per heavy atom. The average Bonchev–Trinajstić information content (AvgIpc) is 3.32. The molecule has 27 heavy (non-hydrogen) atoms. The highest BCUT2D eigenvalue weighted by atomic mass is 19.1. The minimum Gasteiger partial charge on any atom is -0.358 e. The van der Waals surface area contributed by atoms with Crippen LogP contribution in [-0.4, -0.2) is 41.3 Å². The van der Waals surface area contributed by atoms with Crippen LogP contribution in [0.3, 0.4) is 0 Å². The van der Waals surface area contributed by atoms with E-state index in [0.717, 1.165) is 16.8 Å². The van der Waals surface area contributed by atoms with Crippen molar-refractivity contribution in [1.82, 2.24) is 35.4 Å². The van der Waals surface area contributed by atoms with Crippen molar-refractivity contribution in [1.29, 1.82) is 0 Å². The van der Waals surface area contributed by atoms with Crippen molar-refractivity contribution >= 4 is 22.5 Å². The first-order chi connectivity index (χ1) is 12.9. The molecule has 0 radical (unpaired) electrons. The van der Waals surface area contributed by atoms with Gasteiger partial charge < -0.3 is 10.3 Å². The molecule has 4 aromatic rings. The third-order valence-electron chi connectivity index (χ3n) is 4.50. The fraction of sp³-hybridized carbons (Fsp3) is 0.235. The van der Waals surface area contributed by atoms with Crippen molar-refractivity contribution in [3.05, 3.63) is 46.7 Å². The van der Waals surface area contributed by atoms with Crippen molar-refractivity contribution < 1.29 is 9.18 Å². The predicted molar refractivity (Wildman–Crippen MR) is 96.1 cm³/mol. The molecule has 4 rings (SSSR count). The second kappa shape index (κ2) is 6.31. The van der Waals surface area contributed by atoms with Gasteiger partial charge in [0.05, 0.1) is 23.5 Å². The maximum Gasteiger partial charge on any atom is 0.290 e. The molecule has 0 atom stereocenters. The monoisotopic (exact) mass is 368 g/mol. The van der Waals surface area contributed by atoms with Gasteiger partial charge in [0.1, 0.15) is 5.82 Å². The Balaban J connectivity index is 1.61. The largest absolute Gasteiger partial charge is 0.358 e. The van der Waals surface area contributed by atoms with Gasteiger partial charge in [0.2, 0.25) is 5.91 Å². The number of aromatic nitrogens is 7. The van der Waals surface area contributed by atoms with Gasteiger partial charge in [-0.05, 0) is 49.7 Å². The van der Waals surface area contributed by atoms with Gasteiger partial charge in [0.15, 0.2) is 0 Å². The number of fused-ring (bicyclic) bond motifs is 1. The lowest BCUT2D eigenvalue weighted by Crippen LogP contribution is -2.16. The number of aromatic amines is 2. The molecule has 9 nitrogen and oxygen atoms in total. The minimum absolute atomic E-state index is 0.113. The molecule has 0 unspecified atom stereocenters. The summed E-state index contributed by atoms with van der Waals surface area (Å²) in [6, 6.07) is 4.50. The Kier molecular flexibility index (Phi) is 3.94. The molecule has 3 aromatic heterocycles. The number of amides is 1. The van der Waals surface area contributed by atoms with E-state index in [1.807, 2.05) is 6.92 Å².